The molecule has 0 aliphatic heterocycles. The minimum Gasteiger partial charge on any atom is -0.246 e. The Kier molecular flexibility index (Phi) is 9.49. The Labute approximate surface area is 360 Å². The van der Waals surface area contributed by atoms with Gasteiger partial charge in [-0.3, -0.25) is 0 Å². The van der Waals surface area contributed by atoms with E-state index in [9.17, 15) is 0 Å². The average molecular weight is 791 g/mol. The van der Waals surface area contributed by atoms with Gasteiger partial charge in [-0.05, 0) is 38.9 Å². The van der Waals surface area contributed by atoms with Crippen molar-refractivity contribution in [3.63, 3.8) is 0 Å². The maximum Gasteiger partial charge on any atom is 0.164 e. The second-order valence-corrected chi connectivity index (χ2v) is 15.4. The predicted molar refractivity (Wildman–Crippen MR) is 256 cm³/mol. The van der Waals surface area contributed by atoms with E-state index >= 15 is 0 Å². The predicted octanol–water partition coefficient (Wildman–Crippen LogP) is 14.9. The Balaban J connectivity index is 1.03. The van der Waals surface area contributed by atoms with Crippen molar-refractivity contribution < 1.29 is 0 Å². The molecule has 0 radical (unpaired) electrons. The molecule has 290 valence electrons. The molecule has 0 spiro atoms. The van der Waals surface area contributed by atoms with Gasteiger partial charge in [-0.15, -0.1) is 0 Å². The van der Waals surface area contributed by atoms with Crippen molar-refractivity contribution in [2.75, 3.05) is 0 Å². The van der Waals surface area contributed by atoms with Gasteiger partial charge in [0.05, 0.1) is 11.2 Å². The minimum atomic E-state index is 0.608. The molecule has 0 amide bonds. The Morgan fingerprint density at radius 3 is 1.02 bits per heavy atom. The van der Waals surface area contributed by atoms with Gasteiger partial charge in [0.25, 0.3) is 0 Å². The fourth-order valence-electron chi connectivity index (χ4n) is 8.43. The third kappa shape index (κ3) is 7.00. The summed E-state index contributed by atoms with van der Waals surface area (Å²) in [6, 6.07) is 80.5. The summed E-state index contributed by atoms with van der Waals surface area (Å²) in [6.07, 6.45) is 0. The molecule has 2 aromatic heterocycles. The number of rotatable bonds is 8. The molecule has 2 heterocycles. The Bertz CT molecular complexity index is 3230. The summed E-state index contributed by atoms with van der Waals surface area (Å²) >= 11 is 0. The third-order valence-electron chi connectivity index (χ3n) is 11.6. The number of aromatic nitrogens is 4. The summed E-state index contributed by atoms with van der Waals surface area (Å²) in [5, 5.41) is 3.44. The molecule has 0 atom stereocenters. The molecule has 0 bridgehead atoms. The van der Waals surface area contributed by atoms with Crippen molar-refractivity contribution in [3.05, 3.63) is 231 Å². The summed E-state index contributed by atoms with van der Waals surface area (Å²) in [5.41, 5.74) is 14.8. The number of fused-ring (bicyclic) bond motifs is 3. The average Bonchev–Trinajstić information content (AvgIpc) is 3.37. The van der Waals surface area contributed by atoms with Crippen LogP contribution in [0.4, 0.5) is 0 Å². The maximum atomic E-state index is 5.47. The highest BCUT2D eigenvalue weighted by Crippen LogP contribution is 2.41. The second kappa shape index (κ2) is 16.0. The molecule has 4 nitrogen and oxygen atoms in total. The second-order valence-electron chi connectivity index (χ2n) is 15.4. The molecule has 0 aliphatic rings. The minimum absolute atomic E-state index is 0.608. The van der Waals surface area contributed by atoms with E-state index in [-0.39, 0.29) is 0 Å². The van der Waals surface area contributed by atoms with Gasteiger partial charge in [0.2, 0.25) is 0 Å². The van der Waals surface area contributed by atoms with E-state index in [1.807, 2.05) is 12.1 Å². The van der Waals surface area contributed by atoms with Gasteiger partial charge in [0.1, 0.15) is 0 Å². The molecule has 9 aromatic carbocycles. The van der Waals surface area contributed by atoms with Crippen LogP contribution in [0.3, 0.4) is 0 Å². The van der Waals surface area contributed by atoms with Crippen molar-refractivity contribution in [3.8, 4) is 89.9 Å². The molecule has 11 rings (SSSR count). The van der Waals surface area contributed by atoms with Gasteiger partial charge in [0.15, 0.2) is 17.5 Å². The van der Waals surface area contributed by atoms with Crippen LogP contribution in [0.2, 0.25) is 0 Å². The molecule has 0 aliphatic carbocycles. The Morgan fingerprint density at radius 2 is 0.548 bits per heavy atom. The zero-order valence-corrected chi connectivity index (χ0v) is 33.7. The Hall–Kier alpha value is -8.34. The molecule has 0 saturated carbocycles. The first-order chi connectivity index (χ1) is 30.7. The molecule has 4 heteroatoms. The van der Waals surface area contributed by atoms with Crippen LogP contribution in [0, 0.1) is 0 Å². The van der Waals surface area contributed by atoms with E-state index in [0.717, 1.165) is 77.6 Å². The van der Waals surface area contributed by atoms with Gasteiger partial charge in [-0.25, -0.2) is 19.9 Å². The fourth-order valence-corrected chi connectivity index (χ4v) is 8.43. The van der Waals surface area contributed by atoms with Crippen molar-refractivity contribution >= 4 is 21.7 Å². The molecule has 11 aromatic rings. The van der Waals surface area contributed by atoms with E-state index in [4.69, 9.17) is 19.9 Å². The van der Waals surface area contributed by atoms with Crippen LogP contribution >= 0.6 is 0 Å². The number of nitrogens with zero attached hydrogens (tertiary/aromatic N) is 4. The van der Waals surface area contributed by atoms with E-state index in [2.05, 4.69) is 218 Å². The van der Waals surface area contributed by atoms with Gasteiger partial charge in [-0.2, -0.15) is 0 Å². The van der Waals surface area contributed by atoms with E-state index in [1.165, 1.54) is 16.5 Å². The monoisotopic (exact) mass is 790 g/mol. The summed E-state index contributed by atoms with van der Waals surface area (Å²) in [7, 11) is 0. The van der Waals surface area contributed by atoms with Crippen LogP contribution < -0.4 is 0 Å². The smallest absolute Gasteiger partial charge is 0.164 e. The third-order valence-corrected chi connectivity index (χ3v) is 11.6. The number of hydrogen-bond acceptors (Lipinski definition) is 4. The van der Waals surface area contributed by atoms with Gasteiger partial charge in [-0.1, -0.05) is 231 Å². The van der Waals surface area contributed by atoms with Crippen molar-refractivity contribution in [1.82, 2.24) is 19.9 Å². The van der Waals surface area contributed by atoms with Crippen LogP contribution in [0.25, 0.3) is 112 Å². The zero-order valence-electron chi connectivity index (χ0n) is 33.7. The van der Waals surface area contributed by atoms with E-state index in [0.29, 0.717) is 17.5 Å². The number of hydrogen-bond donors (Lipinski definition) is 0. The highest BCUT2D eigenvalue weighted by atomic mass is 15.0. The molecule has 0 N–H and O–H groups in total. The van der Waals surface area contributed by atoms with Crippen molar-refractivity contribution in [2.45, 2.75) is 0 Å². The van der Waals surface area contributed by atoms with E-state index in [1.54, 1.807) is 0 Å². The first kappa shape index (κ1) is 36.7. The van der Waals surface area contributed by atoms with E-state index < -0.39 is 0 Å². The number of para-hydroxylation sites is 1. The highest BCUT2D eigenvalue weighted by Gasteiger charge is 2.18. The first-order valence-corrected chi connectivity index (χ1v) is 20.9. The van der Waals surface area contributed by atoms with Gasteiger partial charge in [0, 0.05) is 44.0 Å². The molecule has 0 saturated heterocycles. The van der Waals surface area contributed by atoms with Crippen molar-refractivity contribution in [2.24, 2.45) is 0 Å². The van der Waals surface area contributed by atoms with Crippen LogP contribution in [0.5, 0.6) is 0 Å². The molecular formula is C58H38N4. The molecule has 0 unspecified atom stereocenters. The maximum absolute atomic E-state index is 5.47. The summed E-state index contributed by atoms with van der Waals surface area (Å²) in [5.74, 6) is 1.85. The molecule has 62 heavy (non-hydrogen) atoms. The highest BCUT2D eigenvalue weighted by molar-refractivity contribution is 6.19. The summed E-state index contributed by atoms with van der Waals surface area (Å²) < 4.78 is 0. The number of pyridine rings is 1. The molecule has 0 fully saturated rings. The van der Waals surface area contributed by atoms with Crippen LogP contribution in [0.15, 0.2) is 231 Å². The van der Waals surface area contributed by atoms with Crippen LogP contribution in [0.1, 0.15) is 0 Å². The summed E-state index contributed by atoms with van der Waals surface area (Å²) in [4.78, 5) is 20.7. The fraction of sp³-hybridized carbons (Fsp3) is 0. The lowest BCUT2D eigenvalue weighted by Gasteiger charge is -2.16. The van der Waals surface area contributed by atoms with Crippen LogP contribution in [-0.2, 0) is 0 Å². The summed E-state index contributed by atoms with van der Waals surface area (Å²) in [6.45, 7) is 0. The SMILES string of the molecule is c1ccc(-c2ccc(-c3nc(-c4ccc(-c5ccccc5)cc4)nc(-c4ccc(-c5cccc6c5nc(-c5ccccc5)c5cccc(-c7ccccc7)c56)cc4)n3)cc2)cc1. The topological polar surface area (TPSA) is 51.6 Å². The molecular weight excluding hydrogens is 753 g/mol. The Morgan fingerprint density at radius 1 is 0.210 bits per heavy atom. The largest absolute Gasteiger partial charge is 0.246 e. The van der Waals surface area contributed by atoms with Gasteiger partial charge < -0.3 is 0 Å². The van der Waals surface area contributed by atoms with Crippen molar-refractivity contribution in [1.29, 1.82) is 0 Å². The lowest BCUT2D eigenvalue weighted by Crippen LogP contribution is -2.00. The van der Waals surface area contributed by atoms with Gasteiger partial charge >= 0.3 is 0 Å². The standard InChI is InChI=1S/C58H38N4/c1-5-15-39(16-6-1)41-27-33-46(34-28-41)56-60-57(47-35-29-42(30-36-47)40-17-7-2-8-18-40)62-58(61-56)48-37-31-44(32-38-48)50-24-14-26-52-53-49(43-19-9-3-10-20-43)23-13-25-51(53)54(59-55(50)52)45-21-11-4-12-22-45/h1-38H. The number of benzene rings is 9. The first-order valence-electron chi connectivity index (χ1n) is 20.9. The quantitative estimate of drug-likeness (QED) is 0.144. The lowest BCUT2D eigenvalue weighted by molar-refractivity contribution is 1.07. The normalized spacial score (nSPS) is 11.2. The lowest BCUT2D eigenvalue weighted by atomic mass is 9.91. The van der Waals surface area contributed by atoms with Crippen LogP contribution in [-0.4, -0.2) is 19.9 Å². The zero-order chi connectivity index (χ0) is 41.2.